The number of imidazole rings is 1. The molecule has 4 rings (SSSR count). The van der Waals surface area contributed by atoms with Crippen molar-refractivity contribution in [3.8, 4) is 11.4 Å². The Hall–Kier alpha value is -3.54. The van der Waals surface area contributed by atoms with Crippen LogP contribution in [-0.2, 0) is 6.54 Å². The largest absolute Gasteiger partial charge is 0.497 e. The van der Waals surface area contributed by atoms with Crippen LogP contribution in [0.3, 0.4) is 0 Å². The van der Waals surface area contributed by atoms with Crippen molar-refractivity contribution in [2.24, 2.45) is 0 Å². The smallest absolute Gasteiger partial charge is 0.254 e. The number of carbonyl (C=O) groups excluding carboxylic acids is 1. The second-order valence-electron chi connectivity index (χ2n) is 7.75. The van der Waals surface area contributed by atoms with Crippen LogP contribution in [-0.4, -0.2) is 27.1 Å². The average molecular weight is 417 g/mol. The van der Waals surface area contributed by atoms with Crippen LogP contribution >= 0.6 is 0 Å². The lowest BCUT2D eigenvalue weighted by Gasteiger charge is -2.15. The van der Waals surface area contributed by atoms with E-state index in [9.17, 15) is 4.79 Å². The van der Waals surface area contributed by atoms with E-state index in [0.29, 0.717) is 5.56 Å². The molecule has 0 spiro atoms. The number of rotatable bonds is 7. The third-order valence-corrected chi connectivity index (χ3v) is 5.75. The Labute approximate surface area is 182 Å². The van der Waals surface area contributed by atoms with Crippen LogP contribution in [0.4, 0.5) is 0 Å². The van der Waals surface area contributed by atoms with Crippen LogP contribution in [0, 0.1) is 6.92 Å². The van der Waals surface area contributed by atoms with Gasteiger partial charge in [0.2, 0.25) is 0 Å². The Morgan fingerprint density at radius 3 is 2.61 bits per heavy atom. The molecule has 31 heavy (non-hydrogen) atoms. The predicted molar refractivity (Wildman–Crippen MR) is 123 cm³/mol. The summed E-state index contributed by atoms with van der Waals surface area (Å²) in [6, 6.07) is 13.9. The fourth-order valence-corrected chi connectivity index (χ4v) is 4.09. The van der Waals surface area contributed by atoms with Gasteiger partial charge in [-0.15, -0.1) is 0 Å². The fraction of sp³-hybridized carbons (Fsp3) is 0.280. The maximum atomic E-state index is 13.4. The normalized spacial score (nSPS) is 12.1. The molecule has 1 amide bonds. The first kappa shape index (κ1) is 20.7. The van der Waals surface area contributed by atoms with Crippen molar-refractivity contribution in [1.29, 1.82) is 0 Å². The van der Waals surface area contributed by atoms with E-state index in [1.165, 1.54) is 0 Å². The van der Waals surface area contributed by atoms with Gasteiger partial charge in [0.1, 0.15) is 5.75 Å². The number of ether oxygens (including phenoxy) is 1. The molecule has 0 aliphatic rings. The maximum absolute atomic E-state index is 13.4. The fourth-order valence-electron chi connectivity index (χ4n) is 4.09. The summed E-state index contributed by atoms with van der Waals surface area (Å²) in [6.07, 6.45) is 6.42. The lowest BCUT2D eigenvalue weighted by molar-refractivity contribution is 0.0940. The Morgan fingerprint density at radius 2 is 1.97 bits per heavy atom. The third-order valence-electron chi connectivity index (χ3n) is 5.75. The lowest BCUT2D eigenvalue weighted by atomic mass is 10.1. The lowest BCUT2D eigenvalue weighted by Crippen LogP contribution is -2.27. The number of aromatic nitrogens is 3. The van der Waals surface area contributed by atoms with Crippen molar-refractivity contribution in [3.63, 3.8) is 0 Å². The molecule has 1 N–H and O–H groups in total. The Balaban J connectivity index is 1.62. The number of carbonyl (C=O) groups is 1. The first-order valence-corrected chi connectivity index (χ1v) is 10.6. The minimum absolute atomic E-state index is 0.0724. The molecule has 0 unspecified atom stereocenters. The zero-order valence-electron chi connectivity index (χ0n) is 18.4. The monoisotopic (exact) mass is 416 g/mol. The molecule has 1 atom stereocenters. The third kappa shape index (κ3) is 3.93. The Bertz CT molecular complexity index is 1190. The highest BCUT2D eigenvalue weighted by Crippen LogP contribution is 2.30. The summed E-state index contributed by atoms with van der Waals surface area (Å²) < 4.78 is 9.58. The number of nitrogens with zero attached hydrogens (tertiary/aromatic N) is 3. The SMILES string of the molecule is CCCn1c(C)c(C(=O)N[C@H](C)c2ccc(-n3ccnc3)cc2)c2cc(OC)ccc21. The Kier molecular flexibility index (Phi) is 5.80. The summed E-state index contributed by atoms with van der Waals surface area (Å²) >= 11 is 0. The molecule has 6 nitrogen and oxygen atoms in total. The van der Waals surface area contributed by atoms with Crippen molar-refractivity contribution in [1.82, 2.24) is 19.4 Å². The topological polar surface area (TPSA) is 61.1 Å². The van der Waals surface area contributed by atoms with Crippen molar-refractivity contribution >= 4 is 16.8 Å². The summed E-state index contributed by atoms with van der Waals surface area (Å²) in [4.78, 5) is 17.4. The highest BCUT2D eigenvalue weighted by molar-refractivity contribution is 6.09. The number of hydrogen-bond donors (Lipinski definition) is 1. The highest BCUT2D eigenvalue weighted by Gasteiger charge is 2.22. The van der Waals surface area contributed by atoms with Crippen molar-refractivity contribution < 1.29 is 9.53 Å². The minimum Gasteiger partial charge on any atom is -0.497 e. The van der Waals surface area contributed by atoms with Gasteiger partial charge in [0, 0.05) is 41.2 Å². The summed E-state index contributed by atoms with van der Waals surface area (Å²) in [7, 11) is 1.65. The van der Waals surface area contributed by atoms with Gasteiger partial charge in [-0.1, -0.05) is 19.1 Å². The van der Waals surface area contributed by atoms with Gasteiger partial charge in [-0.2, -0.15) is 0 Å². The van der Waals surface area contributed by atoms with Crippen LogP contribution in [0.25, 0.3) is 16.6 Å². The van der Waals surface area contributed by atoms with Crippen LogP contribution < -0.4 is 10.1 Å². The van der Waals surface area contributed by atoms with Gasteiger partial charge in [-0.25, -0.2) is 4.98 Å². The zero-order chi connectivity index (χ0) is 22.0. The van der Waals surface area contributed by atoms with E-state index in [-0.39, 0.29) is 11.9 Å². The molecule has 0 bridgehead atoms. The number of nitrogens with one attached hydrogen (secondary N) is 1. The predicted octanol–water partition coefficient (Wildman–Crippen LogP) is 5.05. The molecule has 4 aromatic rings. The standard InChI is InChI=1S/C25H28N4O2/c1-5-13-29-18(3)24(22-15-21(31-4)10-11-23(22)29)25(30)27-17(2)19-6-8-20(9-7-19)28-14-12-26-16-28/h6-12,14-17H,5,13H2,1-4H3,(H,27,30)/t17-/m1/s1. The molecule has 2 aromatic heterocycles. The summed E-state index contributed by atoms with van der Waals surface area (Å²) in [5.74, 6) is 0.676. The van der Waals surface area contributed by atoms with E-state index in [4.69, 9.17) is 4.74 Å². The van der Waals surface area contributed by atoms with Gasteiger partial charge < -0.3 is 19.2 Å². The molecular formula is C25H28N4O2. The zero-order valence-corrected chi connectivity index (χ0v) is 18.4. The molecule has 0 aliphatic carbocycles. The molecule has 0 saturated heterocycles. The number of fused-ring (bicyclic) bond motifs is 1. The van der Waals surface area contributed by atoms with E-state index in [1.807, 2.05) is 67.1 Å². The molecule has 2 aromatic carbocycles. The first-order valence-electron chi connectivity index (χ1n) is 10.6. The van der Waals surface area contributed by atoms with Gasteiger partial charge in [0.05, 0.1) is 25.0 Å². The second kappa shape index (κ2) is 8.68. The van der Waals surface area contributed by atoms with Crippen LogP contribution in [0.2, 0.25) is 0 Å². The molecule has 0 radical (unpaired) electrons. The summed E-state index contributed by atoms with van der Waals surface area (Å²) in [5.41, 5.74) is 4.83. The highest BCUT2D eigenvalue weighted by atomic mass is 16.5. The quantitative estimate of drug-likeness (QED) is 0.459. The van der Waals surface area contributed by atoms with Gasteiger partial charge in [-0.3, -0.25) is 4.79 Å². The number of benzene rings is 2. The first-order chi connectivity index (χ1) is 15.0. The van der Waals surface area contributed by atoms with E-state index in [0.717, 1.165) is 46.6 Å². The number of hydrogen-bond acceptors (Lipinski definition) is 3. The van der Waals surface area contributed by atoms with Gasteiger partial charge >= 0.3 is 0 Å². The average Bonchev–Trinajstić information content (AvgIpc) is 3.41. The Morgan fingerprint density at radius 1 is 1.19 bits per heavy atom. The van der Waals surface area contributed by atoms with Crippen LogP contribution in [0.1, 0.15) is 47.9 Å². The number of amides is 1. The number of methoxy groups -OCH3 is 1. The molecule has 160 valence electrons. The van der Waals surface area contributed by atoms with Crippen LogP contribution in [0.5, 0.6) is 5.75 Å². The van der Waals surface area contributed by atoms with E-state index in [2.05, 4.69) is 21.8 Å². The van der Waals surface area contributed by atoms with Gasteiger partial charge in [0.25, 0.3) is 5.91 Å². The summed E-state index contributed by atoms with van der Waals surface area (Å²) in [6.45, 7) is 7.03. The van der Waals surface area contributed by atoms with Gasteiger partial charge in [-0.05, 0) is 56.2 Å². The molecule has 6 heteroatoms. The molecule has 2 heterocycles. The summed E-state index contributed by atoms with van der Waals surface area (Å²) in [5, 5.41) is 4.10. The maximum Gasteiger partial charge on any atom is 0.254 e. The molecular weight excluding hydrogens is 388 g/mol. The molecule has 0 fully saturated rings. The number of aryl methyl sites for hydroxylation is 1. The van der Waals surface area contributed by atoms with E-state index < -0.39 is 0 Å². The van der Waals surface area contributed by atoms with E-state index >= 15 is 0 Å². The molecule has 0 aliphatic heterocycles. The van der Waals surface area contributed by atoms with Crippen molar-refractivity contribution in [2.75, 3.05) is 7.11 Å². The van der Waals surface area contributed by atoms with Crippen molar-refractivity contribution in [2.45, 2.75) is 39.8 Å². The second-order valence-corrected chi connectivity index (χ2v) is 7.75. The van der Waals surface area contributed by atoms with Crippen LogP contribution in [0.15, 0.2) is 61.2 Å². The van der Waals surface area contributed by atoms with E-state index in [1.54, 1.807) is 19.6 Å². The van der Waals surface area contributed by atoms with Crippen molar-refractivity contribution in [3.05, 3.63) is 78.0 Å². The minimum atomic E-state index is -0.126. The molecule has 0 saturated carbocycles. The van der Waals surface area contributed by atoms with Gasteiger partial charge in [0.15, 0.2) is 0 Å².